The lowest BCUT2D eigenvalue weighted by Gasteiger charge is -2.28. The number of carbonyl (C=O) groups is 3. The van der Waals surface area contributed by atoms with Crippen molar-refractivity contribution in [2.24, 2.45) is 0 Å². The second-order valence-corrected chi connectivity index (χ2v) is 8.48. The Morgan fingerprint density at radius 3 is 2.14 bits per heavy atom. The molecule has 2 amide bonds. The monoisotopic (exact) mass is 394 g/mol. The van der Waals surface area contributed by atoms with Crippen LogP contribution in [0.1, 0.15) is 47.1 Å². The van der Waals surface area contributed by atoms with Crippen molar-refractivity contribution in [2.75, 3.05) is 12.4 Å². The lowest BCUT2D eigenvalue weighted by molar-refractivity contribution is -0.142. The highest BCUT2D eigenvalue weighted by molar-refractivity contribution is 5.85. The summed E-state index contributed by atoms with van der Waals surface area (Å²) in [4.78, 5) is 36.9. The molecule has 0 saturated carbocycles. The zero-order chi connectivity index (χ0) is 21.7. The van der Waals surface area contributed by atoms with Crippen LogP contribution in [0.25, 0.3) is 0 Å². The number of likely N-dealkylation sites (N-methyl/N-ethyl adjacent to an activating group) is 1. The molecule has 28 heavy (non-hydrogen) atoms. The van der Waals surface area contributed by atoms with Crippen LogP contribution in [0.15, 0.2) is 24.3 Å². The van der Waals surface area contributed by atoms with Crippen LogP contribution in [0.5, 0.6) is 0 Å². The van der Waals surface area contributed by atoms with Crippen LogP contribution < -0.4 is 5.32 Å². The molecule has 0 unspecified atom stereocenters. The molecule has 156 valence electrons. The van der Waals surface area contributed by atoms with Crippen molar-refractivity contribution < 1.29 is 29.0 Å². The average Bonchev–Trinajstić information content (AvgIpc) is 2.48. The summed E-state index contributed by atoms with van der Waals surface area (Å²) < 4.78 is 10.4. The maximum atomic E-state index is 12.2. The minimum atomic E-state index is -1.15. The molecule has 1 rings (SSSR count). The summed E-state index contributed by atoms with van der Waals surface area (Å²) in [6.45, 7) is 10.4. The van der Waals surface area contributed by atoms with E-state index < -0.39 is 35.4 Å². The van der Waals surface area contributed by atoms with Gasteiger partial charge in [-0.15, -0.1) is 0 Å². The fraction of sp³-hybridized carbons (Fsp3) is 0.550. The van der Waals surface area contributed by atoms with Crippen molar-refractivity contribution in [2.45, 2.75) is 65.2 Å². The first kappa shape index (κ1) is 23.3. The highest BCUT2D eigenvalue weighted by Gasteiger charge is 2.30. The molecule has 0 heterocycles. The Balaban J connectivity index is 2.90. The summed E-state index contributed by atoms with van der Waals surface area (Å²) in [5.74, 6) is -1.15. The Hall–Kier alpha value is -2.77. The number of aliphatic carboxylic acids is 1. The largest absolute Gasteiger partial charge is 0.480 e. The summed E-state index contributed by atoms with van der Waals surface area (Å²) in [6, 6.07) is 5.60. The highest BCUT2D eigenvalue weighted by atomic mass is 16.6. The molecule has 8 nitrogen and oxygen atoms in total. The number of carboxylic acids is 1. The van der Waals surface area contributed by atoms with E-state index in [9.17, 15) is 19.5 Å². The Bertz CT molecular complexity index is 718. The molecule has 0 aliphatic carbocycles. The van der Waals surface area contributed by atoms with Gasteiger partial charge in [-0.05, 0) is 59.2 Å². The number of amides is 2. The standard InChI is InChI=1S/C20H30N2O6/c1-19(2,3)27-17(25)21-14-10-8-9-13(11-14)12-15(16(23)24)22(7)18(26)28-20(4,5)6/h8-11,15H,12H2,1-7H3,(H,21,25)(H,23,24)/t15-/m1/s1. The Morgan fingerprint density at radius 2 is 1.64 bits per heavy atom. The van der Waals surface area contributed by atoms with E-state index in [4.69, 9.17) is 9.47 Å². The van der Waals surface area contributed by atoms with Gasteiger partial charge in [-0.3, -0.25) is 10.2 Å². The molecule has 1 atom stereocenters. The Kier molecular flexibility index (Phi) is 7.43. The first-order valence-corrected chi connectivity index (χ1v) is 8.95. The number of carboxylic acid groups (broad SMARTS) is 1. The van der Waals surface area contributed by atoms with E-state index >= 15 is 0 Å². The molecule has 0 aromatic heterocycles. The quantitative estimate of drug-likeness (QED) is 0.785. The summed E-state index contributed by atoms with van der Waals surface area (Å²) in [5, 5.41) is 12.2. The third-order valence-electron chi connectivity index (χ3n) is 3.44. The van der Waals surface area contributed by atoms with Gasteiger partial charge in [-0.25, -0.2) is 14.4 Å². The molecule has 0 bridgehead atoms. The van der Waals surface area contributed by atoms with Gasteiger partial charge < -0.3 is 14.6 Å². The van der Waals surface area contributed by atoms with Gasteiger partial charge in [0.05, 0.1) is 0 Å². The summed E-state index contributed by atoms with van der Waals surface area (Å²) in [7, 11) is 1.38. The molecular weight excluding hydrogens is 364 g/mol. The minimum Gasteiger partial charge on any atom is -0.480 e. The van der Waals surface area contributed by atoms with Crippen LogP contribution in [-0.4, -0.2) is 52.5 Å². The average molecular weight is 394 g/mol. The van der Waals surface area contributed by atoms with E-state index in [1.54, 1.807) is 65.8 Å². The predicted octanol–water partition coefficient (Wildman–Crippen LogP) is 3.90. The maximum absolute atomic E-state index is 12.2. The van der Waals surface area contributed by atoms with Crippen molar-refractivity contribution in [1.29, 1.82) is 0 Å². The molecule has 0 fully saturated rings. The van der Waals surface area contributed by atoms with Gasteiger partial charge in [0, 0.05) is 19.2 Å². The molecule has 8 heteroatoms. The molecule has 0 saturated heterocycles. The third kappa shape index (κ3) is 8.28. The summed E-state index contributed by atoms with van der Waals surface area (Å²) in [5.41, 5.74) is -0.259. The summed E-state index contributed by atoms with van der Waals surface area (Å²) >= 11 is 0. The second kappa shape index (κ2) is 8.95. The SMILES string of the molecule is CN(C(=O)OC(C)(C)C)[C@H](Cc1cccc(NC(=O)OC(C)(C)C)c1)C(=O)O. The number of benzene rings is 1. The number of nitrogens with zero attached hydrogens (tertiary/aromatic N) is 1. The first-order chi connectivity index (χ1) is 12.7. The van der Waals surface area contributed by atoms with Crippen LogP contribution in [0, 0.1) is 0 Å². The first-order valence-electron chi connectivity index (χ1n) is 8.95. The normalized spacial score (nSPS) is 12.7. The number of carbonyl (C=O) groups excluding carboxylic acids is 2. The molecule has 2 N–H and O–H groups in total. The van der Waals surface area contributed by atoms with Gasteiger partial charge in [0.15, 0.2) is 0 Å². The van der Waals surface area contributed by atoms with Crippen molar-refractivity contribution in [3.63, 3.8) is 0 Å². The summed E-state index contributed by atoms with van der Waals surface area (Å²) in [6.07, 6.45) is -1.28. The van der Waals surface area contributed by atoms with Crippen LogP contribution >= 0.6 is 0 Å². The number of ether oxygens (including phenoxy) is 2. The van der Waals surface area contributed by atoms with Crippen molar-refractivity contribution in [1.82, 2.24) is 4.90 Å². The van der Waals surface area contributed by atoms with Crippen LogP contribution in [-0.2, 0) is 20.7 Å². The van der Waals surface area contributed by atoms with Gasteiger partial charge in [-0.1, -0.05) is 12.1 Å². The van der Waals surface area contributed by atoms with Crippen LogP contribution in [0.3, 0.4) is 0 Å². The number of hydrogen-bond donors (Lipinski definition) is 2. The molecule has 1 aromatic carbocycles. The lowest BCUT2D eigenvalue weighted by atomic mass is 10.0. The van der Waals surface area contributed by atoms with Gasteiger partial charge >= 0.3 is 18.2 Å². The van der Waals surface area contributed by atoms with Crippen LogP contribution in [0.4, 0.5) is 15.3 Å². The molecule has 0 aliphatic heterocycles. The smallest absolute Gasteiger partial charge is 0.412 e. The minimum absolute atomic E-state index is 0.0505. The molecule has 0 aliphatic rings. The van der Waals surface area contributed by atoms with E-state index in [1.165, 1.54) is 7.05 Å². The lowest BCUT2D eigenvalue weighted by Crippen LogP contribution is -2.46. The number of nitrogens with one attached hydrogen (secondary N) is 1. The predicted molar refractivity (Wildman–Crippen MR) is 105 cm³/mol. The second-order valence-electron chi connectivity index (χ2n) is 8.48. The number of anilines is 1. The van der Waals surface area contributed by atoms with Crippen molar-refractivity contribution in [3.05, 3.63) is 29.8 Å². The Morgan fingerprint density at radius 1 is 1.07 bits per heavy atom. The third-order valence-corrected chi connectivity index (χ3v) is 3.44. The maximum Gasteiger partial charge on any atom is 0.412 e. The zero-order valence-corrected chi connectivity index (χ0v) is 17.5. The molecular formula is C20H30N2O6. The topological polar surface area (TPSA) is 105 Å². The van der Waals surface area contributed by atoms with E-state index in [0.29, 0.717) is 11.3 Å². The van der Waals surface area contributed by atoms with Crippen molar-refractivity contribution >= 4 is 23.8 Å². The van der Waals surface area contributed by atoms with Crippen LogP contribution in [0.2, 0.25) is 0 Å². The highest BCUT2D eigenvalue weighted by Crippen LogP contribution is 2.18. The number of rotatable bonds is 5. The van der Waals surface area contributed by atoms with Gasteiger partial charge in [0.1, 0.15) is 17.2 Å². The van der Waals surface area contributed by atoms with Crippen molar-refractivity contribution in [3.8, 4) is 0 Å². The van der Waals surface area contributed by atoms with E-state index in [0.717, 1.165) is 4.90 Å². The van der Waals surface area contributed by atoms with Gasteiger partial charge in [0.25, 0.3) is 0 Å². The molecule has 0 spiro atoms. The number of hydrogen-bond acceptors (Lipinski definition) is 5. The van der Waals surface area contributed by atoms with E-state index in [-0.39, 0.29) is 6.42 Å². The fourth-order valence-corrected chi connectivity index (χ4v) is 2.27. The Labute approximate surface area is 165 Å². The zero-order valence-electron chi connectivity index (χ0n) is 17.5. The molecule has 0 radical (unpaired) electrons. The van der Waals surface area contributed by atoms with E-state index in [1.807, 2.05) is 0 Å². The molecule has 1 aromatic rings. The van der Waals surface area contributed by atoms with Gasteiger partial charge in [-0.2, -0.15) is 0 Å². The van der Waals surface area contributed by atoms with Gasteiger partial charge in [0.2, 0.25) is 0 Å². The fourth-order valence-electron chi connectivity index (χ4n) is 2.27. The van der Waals surface area contributed by atoms with E-state index in [2.05, 4.69) is 5.32 Å².